The highest BCUT2D eigenvalue weighted by Gasteiger charge is 2.15. The molecule has 0 N–H and O–H groups in total. The minimum atomic E-state index is 0.273. The van der Waals surface area contributed by atoms with Crippen molar-refractivity contribution in [3.63, 3.8) is 0 Å². The Morgan fingerprint density at radius 1 is 1.05 bits per heavy atom. The summed E-state index contributed by atoms with van der Waals surface area (Å²) in [6.45, 7) is 4.97. The minimum absolute atomic E-state index is 0.273. The van der Waals surface area contributed by atoms with Crippen LogP contribution in [0.4, 0.5) is 0 Å². The normalized spacial score (nSPS) is 10.3. The predicted octanol–water partition coefficient (Wildman–Crippen LogP) is 3.60. The lowest BCUT2D eigenvalue weighted by atomic mass is 10.1. The van der Waals surface area contributed by atoms with Crippen LogP contribution >= 0.6 is 11.6 Å². The molecule has 0 fully saturated rings. The van der Waals surface area contributed by atoms with E-state index in [4.69, 9.17) is 25.8 Å². The minimum Gasteiger partial charge on any atom is -0.491 e. The van der Waals surface area contributed by atoms with Gasteiger partial charge in [0.05, 0.1) is 20.3 Å². The Balaban J connectivity index is 2.50. The van der Waals surface area contributed by atoms with Gasteiger partial charge in [-0.15, -0.1) is 0 Å². The Kier molecular flexibility index (Phi) is 5.22. The van der Waals surface area contributed by atoms with E-state index in [1.807, 2.05) is 32.0 Å². The summed E-state index contributed by atoms with van der Waals surface area (Å²) in [6.07, 6.45) is 1.40. The maximum Gasteiger partial charge on any atom is 0.182 e. The van der Waals surface area contributed by atoms with Gasteiger partial charge in [-0.2, -0.15) is 0 Å². The van der Waals surface area contributed by atoms with E-state index in [1.54, 1.807) is 0 Å². The third-order valence-corrected chi connectivity index (χ3v) is 3.05. The highest BCUT2D eigenvalue weighted by atomic mass is 35.5. The van der Waals surface area contributed by atoms with Gasteiger partial charge >= 0.3 is 0 Å². The number of hydrogen-bond donors (Lipinski definition) is 0. The first-order valence-electron chi connectivity index (χ1n) is 6.65. The zero-order valence-corrected chi connectivity index (χ0v) is 13.0. The van der Waals surface area contributed by atoms with Gasteiger partial charge in [0, 0.05) is 5.56 Å². The maximum atomic E-state index is 6.03. The molecular formula is C15H17ClN2O3. The van der Waals surface area contributed by atoms with E-state index >= 15 is 0 Å². The fourth-order valence-corrected chi connectivity index (χ4v) is 2.15. The average Bonchev–Trinajstić information content (AvgIpc) is 2.49. The molecule has 0 bridgehead atoms. The van der Waals surface area contributed by atoms with Crippen molar-refractivity contribution in [2.45, 2.75) is 13.8 Å². The van der Waals surface area contributed by atoms with Gasteiger partial charge in [-0.05, 0) is 32.0 Å². The molecule has 21 heavy (non-hydrogen) atoms. The fraction of sp³-hybridized carbons (Fsp3) is 0.333. The van der Waals surface area contributed by atoms with Crippen LogP contribution in [0.25, 0.3) is 11.3 Å². The highest BCUT2D eigenvalue weighted by Crippen LogP contribution is 2.37. The van der Waals surface area contributed by atoms with Crippen LogP contribution in [0.2, 0.25) is 5.15 Å². The predicted molar refractivity (Wildman–Crippen MR) is 81.4 cm³/mol. The Hall–Kier alpha value is -2.01. The Bertz CT molecular complexity index is 620. The number of nitrogens with zero attached hydrogens (tertiary/aromatic N) is 2. The van der Waals surface area contributed by atoms with Gasteiger partial charge in [-0.3, -0.25) is 0 Å². The molecule has 1 heterocycles. The number of benzene rings is 1. The zero-order valence-electron chi connectivity index (χ0n) is 12.2. The molecule has 0 spiro atoms. The van der Waals surface area contributed by atoms with Gasteiger partial charge < -0.3 is 14.2 Å². The zero-order chi connectivity index (χ0) is 15.2. The van der Waals surface area contributed by atoms with E-state index < -0.39 is 0 Å². The second kappa shape index (κ2) is 7.13. The van der Waals surface area contributed by atoms with Gasteiger partial charge in [0.1, 0.15) is 12.0 Å². The van der Waals surface area contributed by atoms with Crippen molar-refractivity contribution in [2.24, 2.45) is 0 Å². The third kappa shape index (κ3) is 3.36. The quantitative estimate of drug-likeness (QED) is 0.763. The first kappa shape index (κ1) is 15.4. The summed E-state index contributed by atoms with van der Waals surface area (Å²) in [4.78, 5) is 8.16. The molecule has 0 atom stereocenters. The molecule has 2 rings (SSSR count). The fourth-order valence-electron chi connectivity index (χ4n) is 1.94. The van der Waals surface area contributed by atoms with Crippen molar-refractivity contribution >= 4 is 11.6 Å². The molecule has 0 aliphatic heterocycles. The second-order valence-corrected chi connectivity index (χ2v) is 4.43. The van der Waals surface area contributed by atoms with Crippen molar-refractivity contribution in [1.82, 2.24) is 9.97 Å². The van der Waals surface area contributed by atoms with Crippen LogP contribution in [0.5, 0.6) is 17.2 Å². The van der Waals surface area contributed by atoms with Crippen LogP contribution in [0, 0.1) is 0 Å². The molecule has 6 heteroatoms. The van der Waals surface area contributed by atoms with E-state index in [0.717, 1.165) is 5.56 Å². The van der Waals surface area contributed by atoms with E-state index in [0.29, 0.717) is 36.2 Å². The molecule has 0 radical (unpaired) electrons. The number of hydrogen-bond acceptors (Lipinski definition) is 5. The van der Waals surface area contributed by atoms with Gasteiger partial charge in [0.15, 0.2) is 22.4 Å². The smallest absolute Gasteiger partial charge is 0.182 e. The standard InChI is InChI=1S/C15H17ClN2O3/c1-4-20-11-7-6-10(8-12(11)21-5-2)13-14(19-3)15(16)18-9-17-13/h6-9H,4-5H2,1-3H3. The van der Waals surface area contributed by atoms with Crippen LogP contribution in [0.15, 0.2) is 24.5 Å². The van der Waals surface area contributed by atoms with Gasteiger partial charge in [0.2, 0.25) is 0 Å². The summed E-state index contributed by atoms with van der Waals surface area (Å²) in [5, 5.41) is 0.273. The topological polar surface area (TPSA) is 53.5 Å². The molecule has 112 valence electrons. The molecule has 2 aromatic rings. The lowest BCUT2D eigenvalue weighted by Gasteiger charge is -2.13. The monoisotopic (exact) mass is 308 g/mol. The van der Waals surface area contributed by atoms with Crippen molar-refractivity contribution < 1.29 is 14.2 Å². The van der Waals surface area contributed by atoms with E-state index in [2.05, 4.69) is 9.97 Å². The second-order valence-electron chi connectivity index (χ2n) is 4.07. The number of aromatic nitrogens is 2. The number of halogens is 1. The molecule has 1 aromatic carbocycles. The summed E-state index contributed by atoms with van der Waals surface area (Å²) in [5.74, 6) is 1.79. The van der Waals surface area contributed by atoms with Crippen LogP contribution < -0.4 is 14.2 Å². The van der Waals surface area contributed by atoms with Gasteiger partial charge in [-0.25, -0.2) is 9.97 Å². The van der Waals surface area contributed by atoms with Crippen LogP contribution in [-0.4, -0.2) is 30.3 Å². The van der Waals surface area contributed by atoms with E-state index in [1.165, 1.54) is 13.4 Å². The van der Waals surface area contributed by atoms with Crippen LogP contribution in [-0.2, 0) is 0 Å². The molecule has 0 saturated carbocycles. The van der Waals surface area contributed by atoms with E-state index in [9.17, 15) is 0 Å². The highest BCUT2D eigenvalue weighted by molar-refractivity contribution is 6.31. The first-order chi connectivity index (χ1) is 10.2. The molecular weight excluding hydrogens is 292 g/mol. The molecule has 0 saturated heterocycles. The summed E-state index contributed by atoms with van der Waals surface area (Å²) in [5.41, 5.74) is 1.43. The summed E-state index contributed by atoms with van der Waals surface area (Å²) in [7, 11) is 1.53. The lowest BCUT2D eigenvalue weighted by molar-refractivity contribution is 0.288. The largest absolute Gasteiger partial charge is 0.491 e. The maximum absolute atomic E-state index is 6.03. The van der Waals surface area contributed by atoms with E-state index in [-0.39, 0.29) is 5.15 Å². The Morgan fingerprint density at radius 3 is 2.43 bits per heavy atom. The molecule has 5 nitrogen and oxygen atoms in total. The summed E-state index contributed by atoms with van der Waals surface area (Å²) < 4.78 is 16.4. The van der Waals surface area contributed by atoms with Crippen molar-refractivity contribution in [3.8, 4) is 28.5 Å². The van der Waals surface area contributed by atoms with Gasteiger partial charge in [-0.1, -0.05) is 11.6 Å². The lowest BCUT2D eigenvalue weighted by Crippen LogP contribution is -1.99. The van der Waals surface area contributed by atoms with Crippen LogP contribution in [0.3, 0.4) is 0 Å². The SMILES string of the molecule is CCOc1ccc(-c2ncnc(Cl)c2OC)cc1OCC. The Morgan fingerprint density at radius 2 is 1.76 bits per heavy atom. The average molecular weight is 309 g/mol. The van der Waals surface area contributed by atoms with Crippen molar-refractivity contribution in [2.75, 3.05) is 20.3 Å². The van der Waals surface area contributed by atoms with Crippen molar-refractivity contribution in [3.05, 3.63) is 29.7 Å². The first-order valence-corrected chi connectivity index (χ1v) is 7.03. The summed E-state index contributed by atoms with van der Waals surface area (Å²) >= 11 is 6.03. The summed E-state index contributed by atoms with van der Waals surface area (Å²) in [6, 6.07) is 5.59. The molecule has 0 aliphatic rings. The van der Waals surface area contributed by atoms with Gasteiger partial charge in [0.25, 0.3) is 0 Å². The molecule has 0 unspecified atom stereocenters. The number of ether oxygens (including phenoxy) is 3. The number of rotatable bonds is 6. The van der Waals surface area contributed by atoms with Crippen LogP contribution in [0.1, 0.15) is 13.8 Å². The number of methoxy groups -OCH3 is 1. The third-order valence-electron chi connectivity index (χ3n) is 2.78. The Labute approximate surface area is 128 Å². The molecule has 0 amide bonds. The molecule has 1 aromatic heterocycles. The molecule has 0 aliphatic carbocycles. The van der Waals surface area contributed by atoms with Crippen molar-refractivity contribution in [1.29, 1.82) is 0 Å².